The fourth-order valence-electron chi connectivity index (χ4n) is 5.43. The van der Waals surface area contributed by atoms with Gasteiger partial charge >= 0.3 is 0 Å². The van der Waals surface area contributed by atoms with Gasteiger partial charge < -0.3 is 15.2 Å². The molecule has 3 aliphatic rings. The standard InChI is InChI=1S/C26H26N4O2S/c1-32-25-13-16(6-8-27-25)15-2-5-21(23(31)12-15)22-14-24-26(30-29-22)20(7-9-33-24)17-10-18-3-4-19(11-17)28-18/h2,5-8,12-14,17-19,28,31H,3-4,9-11H2,1H3/t17-,18-,19+. The Labute approximate surface area is 197 Å². The molecule has 7 heteroatoms. The van der Waals surface area contributed by atoms with Crippen molar-refractivity contribution in [2.75, 3.05) is 12.9 Å². The van der Waals surface area contributed by atoms with Crippen LogP contribution in [0.5, 0.6) is 11.6 Å². The number of benzene rings is 1. The first-order valence-corrected chi connectivity index (χ1v) is 12.5. The van der Waals surface area contributed by atoms with Crippen LogP contribution in [0.3, 0.4) is 0 Å². The summed E-state index contributed by atoms with van der Waals surface area (Å²) in [7, 11) is 1.59. The minimum Gasteiger partial charge on any atom is -0.507 e. The number of phenols is 1. The fourth-order valence-corrected chi connectivity index (χ4v) is 6.37. The van der Waals surface area contributed by atoms with Crippen molar-refractivity contribution in [1.29, 1.82) is 0 Å². The first-order chi connectivity index (χ1) is 16.2. The van der Waals surface area contributed by atoms with Gasteiger partial charge in [0.2, 0.25) is 5.88 Å². The number of methoxy groups -OCH3 is 1. The average Bonchev–Trinajstić information content (AvgIpc) is 3.20. The Balaban J connectivity index is 1.29. The predicted octanol–water partition coefficient (Wildman–Crippen LogP) is 4.94. The maximum Gasteiger partial charge on any atom is 0.213 e. The second-order valence-corrected chi connectivity index (χ2v) is 10.1. The first kappa shape index (κ1) is 20.7. The van der Waals surface area contributed by atoms with Gasteiger partial charge in [-0.05, 0) is 72.6 Å². The molecule has 0 unspecified atom stereocenters. The molecule has 33 heavy (non-hydrogen) atoms. The van der Waals surface area contributed by atoms with E-state index in [1.54, 1.807) is 31.1 Å². The number of aromatic nitrogens is 3. The molecule has 2 N–H and O–H groups in total. The van der Waals surface area contributed by atoms with Crippen molar-refractivity contribution in [2.24, 2.45) is 5.92 Å². The third kappa shape index (κ3) is 3.89. The maximum absolute atomic E-state index is 10.8. The Morgan fingerprint density at radius 2 is 1.85 bits per heavy atom. The first-order valence-electron chi connectivity index (χ1n) is 11.5. The molecule has 3 aliphatic heterocycles. The number of aromatic hydroxyl groups is 1. The van der Waals surface area contributed by atoms with Gasteiger partial charge in [0.1, 0.15) is 11.4 Å². The van der Waals surface area contributed by atoms with Crippen molar-refractivity contribution >= 4 is 17.3 Å². The van der Waals surface area contributed by atoms with Crippen LogP contribution in [-0.4, -0.2) is 45.2 Å². The topological polar surface area (TPSA) is 80.2 Å². The Bertz CT molecular complexity index is 1230. The number of thioether (sulfide) groups is 1. The number of fused-ring (bicyclic) bond motifs is 3. The zero-order valence-electron chi connectivity index (χ0n) is 18.5. The van der Waals surface area contributed by atoms with Crippen molar-refractivity contribution < 1.29 is 9.84 Å². The summed E-state index contributed by atoms with van der Waals surface area (Å²) < 4.78 is 5.22. The highest BCUT2D eigenvalue weighted by Gasteiger charge is 2.36. The summed E-state index contributed by atoms with van der Waals surface area (Å²) in [5.41, 5.74) is 5.61. The number of phenolic OH excluding ortho intramolecular Hbond substituents is 1. The predicted molar refractivity (Wildman–Crippen MR) is 130 cm³/mol. The van der Waals surface area contributed by atoms with Crippen LogP contribution in [0.1, 0.15) is 31.4 Å². The number of piperidine rings is 1. The molecule has 2 saturated heterocycles. The van der Waals surface area contributed by atoms with E-state index >= 15 is 0 Å². The molecule has 0 radical (unpaired) electrons. The van der Waals surface area contributed by atoms with Crippen LogP contribution in [0.25, 0.3) is 28.0 Å². The lowest BCUT2D eigenvalue weighted by atomic mass is 9.84. The molecule has 3 atom stereocenters. The van der Waals surface area contributed by atoms with Crippen LogP contribution in [0.4, 0.5) is 0 Å². The van der Waals surface area contributed by atoms with E-state index in [2.05, 4.69) is 32.6 Å². The highest BCUT2D eigenvalue weighted by molar-refractivity contribution is 7.99. The molecular weight excluding hydrogens is 432 g/mol. The average molecular weight is 459 g/mol. The van der Waals surface area contributed by atoms with Gasteiger partial charge in [0.15, 0.2) is 0 Å². The minimum atomic E-state index is 0.184. The Hall–Kier alpha value is -2.90. The van der Waals surface area contributed by atoms with Gasteiger partial charge in [-0.15, -0.1) is 22.0 Å². The van der Waals surface area contributed by atoms with E-state index in [0.29, 0.717) is 35.1 Å². The maximum atomic E-state index is 10.8. The molecule has 0 amide bonds. The van der Waals surface area contributed by atoms with Crippen LogP contribution in [0, 0.1) is 5.92 Å². The van der Waals surface area contributed by atoms with Gasteiger partial charge in [0.25, 0.3) is 0 Å². The summed E-state index contributed by atoms with van der Waals surface area (Å²) in [6.45, 7) is 0. The molecule has 6 rings (SSSR count). The number of rotatable bonds is 4. The molecule has 0 spiro atoms. The second kappa shape index (κ2) is 8.47. The summed E-state index contributed by atoms with van der Waals surface area (Å²) in [6, 6.07) is 12.8. The monoisotopic (exact) mass is 458 g/mol. The van der Waals surface area contributed by atoms with E-state index < -0.39 is 0 Å². The van der Waals surface area contributed by atoms with Crippen LogP contribution in [0.2, 0.25) is 0 Å². The number of hydrogen-bond donors (Lipinski definition) is 2. The van der Waals surface area contributed by atoms with Crippen molar-refractivity contribution in [3.05, 3.63) is 54.4 Å². The van der Waals surface area contributed by atoms with Gasteiger partial charge in [-0.3, -0.25) is 0 Å². The van der Waals surface area contributed by atoms with E-state index in [9.17, 15) is 5.11 Å². The number of hydrogen-bond acceptors (Lipinski definition) is 7. The minimum absolute atomic E-state index is 0.184. The number of nitrogens with one attached hydrogen (secondary N) is 1. The molecule has 168 valence electrons. The molecule has 5 heterocycles. The van der Waals surface area contributed by atoms with Gasteiger partial charge in [-0.1, -0.05) is 12.1 Å². The molecule has 3 aromatic rings. The Morgan fingerprint density at radius 3 is 2.64 bits per heavy atom. The Morgan fingerprint density at radius 1 is 1.03 bits per heavy atom. The highest BCUT2D eigenvalue weighted by atomic mass is 32.2. The van der Waals surface area contributed by atoms with Crippen LogP contribution >= 0.6 is 11.8 Å². The molecule has 6 nitrogen and oxygen atoms in total. The van der Waals surface area contributed by atoms with Crippen molar-refractivity contribution in [3.63, 3.8) is 0 Å². The lowest BCUT2D eigenvalue weighted by molar-refractivity contribution is 0.350. The second-order valence-electron chi connectivity index (χ2n) is 9.04. The summed E-state index contributed by atoms with van der Waals surface area (Å²) in [4.78, 5) is 5.31. The van der Waals surface area contributed by atoms with Gasteiger partial charge in [-0.25, -0.2) is 4.98 Å². The molecular formula is C26H26N4O2S. The Kier molecular flexibility index (Phi) is 5.31. The fraction of sp³-hybridized carbons (Fsp3) is 0.346. The summed E-state index contributed by atoms with van der Waals surface area (Å²) in [5.74, 6) is 2.25. The zero-order valence-corrected chi connectivity index (χ0v) is 19.3. The quantitative estimate of drug-likeness (QED) is 0.573. The smallest absolute Gasteiger partial charge is 0.213 e. The number of allylic oxidation sites excluding steroid dienone is 1. The SMILES string of the molecule is COc1cc(-c2ccc(-c3cc4c(nn3)C([C@@H]3C[C@H]5CC[C@@H](C3)N5)=CCS4)c(O)c2)ccn1. The lowest BCUT2D eigenvalue weighted by Gasteiger charge is -2.32. The normalized spacial score (nSPS) is 23.7. The highest BCUT2D eigenvalue weighted by Crippen LogP contribution is 2.44. The van der Waals surface area contributed by atoms with Gasteiger partial charge in [0, 0.05) is 40.6 Å². The molecule has 0 aliphatic carbocycles. The molecule has 2 fully saturated rings. The van der Waals surface area contributed by atoms with Crippen LogP contribution < -0.4 is 10.1 Å². The van der Waals surface area contributed by atoms with Crippen LogP contribution in [-0.2, 0) is 0 Å². The van der Waals surface area contributed by atoms with Gasteiger partial charge in [-0.2, -0.15) is 0 Å². The summed E-state index contributed by atoms with van der Waals surface area (Å²) in [5, 5.41) is 23.8. The number of pyridine rings is 1. The number of nitrogens with zero attached hydrogens (tertiary/aromatic N) is 3. The van der Waals surface area contributed by atoms with Crippen molar-refractivity contribution in [1.82, 2.24) is 20.5 Å². The van der Waals surface area contributed by atoms with Crippen molar-refractivity contribution in [3.8, 4) is 34.0 Å². The number of ether oxygens (including phenoxy) is 1. The third-order valence-electron chi connectivity index (χ3n) is 7.04. The van der Waals surface area contributed by atoms with Gasteiger partial charge in [0.05, 0.1) is 12.8 Å². The van der Waals surface area contributed by atoms with E-state index in [-0.39, 0.29) is 5.75 Å². The van der Waals surface area contributed by atoms with E-state index in [1.807, 2.05) is 24.3 Å². The largest absolute Gasteiger partial charge is 0.507 e. The lowest BCUT2D eigenvalue weighted by Crippen LogP contribution is -2.38. The van der Waals surface area contributed by atoms with Crippen LogP contribution in [0.15, 0.2) is 53.6 Å². The molecule has 2 bridgehead atoms. The zero-order chi connectivity index (χ0) is 22.4. The molecule has 0 saturated carbocycles. The third-order valence-corrected chi connectivity index (χ3v) is 7.99. The molecule has 2 aromatic heterocycles. The summed E-state index contributed by atoms with van der Waals surface area (Å²) >= 11 is 1.80. The van der Waals surface area contributed by atoms with E-state index in [1.165, 1.54) is 31.3 Å². The summed E-state index contributed by atoms with van der Waals surface area (Å²) in [6.07, 6.45) is 9.02. The van der Waals surface area contributed by atoms with Crippen molar-refractivity contribution in [2.45, 2.75) is 42.7 Å². The van der Waals surface area contributed by atoms with E-state index in [4.69, 9.17) is 4.74 Å². The molecule has 1 aromatic carbocycles. The van der Waals surface area contributed by atoms with E-state index in [0.717, 1.165) is 27.5 Å².